The van der Waals surface area contributed by atoms with Crippen LogP contribution in [0.4, 0.5) is 0 Å². The number of carboxylic acid groups (broad SMARTS) is 1. The van der Waals surface area contributed by atoms with Crippen LogP contribution in [0.25, 0.3) is 10.9 Å². The Balaban J connectivity index is 2.15. The fourth-order valence-corrected chi connectivity index (χ4v) is 2.93. The molecular weight excluding hydrogens is 240 g/mol. The van der Waals surface area contributed by atoms with E-state index in [9.17, 15) is 9.90 Å². The Hall–Kier alpha value is -1.81. The second-order valence-electron chi connectivity index (χ2n) is 5.23. The van der Waals surface area contributed by atoms with Crippen LogP contribution in [0.1, 0.15) is 36.7 Å². The first-order chi connectivity index (χ1) is 9.10. The molecule has 0 radical (unpaired) electrons. The lowest BCUT2D eigenvalue weighted by Gasteiger charge is -2.26. The minimum atomic E-state index is -0.779. The van der Waals surface area contributed by atoms with Gasteiger partial charge in [-0.05, 0) is 36.6 Å². The first kappa shape index (κ1) is 12.2. The third-order valence-corrected chi connectivity index (χ3v) is 4.00. The Bertz CT molecular complexity index is 645. The molecule has 2 aromatic rings. The van der Waals surface area contributed by atoms with Crippen LogP contribution < -0.4 is 5.32 Å². The molecule has 1 aromatic carbocycles. The third kappa shape index (κ3) is 1.92. The van der Waals surface area contributed by atoms with Crippen LogP contribution in [0.3, 0.4) is 0 Å². The molecule has 1 aliphatic heterocycles. The van der Waals surface area contributed by atoms with E-state index in [2.05, 4.69) is 35.4 Å². The first-order valence-electron chi connectivity index (χ1n) is 6.72. The summed E-state index contributed by atoms with van der Waals surface area (Å²) in [5, 5.41) is 13.5. The molecule has 0 saturated carbocycles. The van der Waals surface area contributed by atoms with Gasteiger partial charge in [-0.25, -0.2) is 0 Å². The van der Waals surface area contributed by atoms with Gasteiger partial charge in [0.25, 0.3) is 0 Å². The number of nitrogens with one attached hydrogen (secondary N) is 2. The average molecular weight is 258 g/mol. The number of aryl methyl sites for hydroxylation is 1. The molecule has 0 saturated heterocycles. The van der Waals surface area contributed by atoms with E-state index in [0.29, 0.717) is 6.42 Å². The van der Waals surface area contributed by atoms with Crippen LogP contribution in [0.15, 0.2) is 18.2 Å². The Kier molecular flexibility index (Phi) is 2.82. The molecule has 19 heavy (non-hydrogen) atoms. The van der Waals surface area contributed by atoms with Crippen molar-refractivity contribution in [3.8, 4) is 0 Å². The maximum atomic E-state index is 11.2. The van der Waals surface area contributed by atoms with Crippen molar-refractivity contribution in [3.05, 3.63) is 35.0 Å². The van der Waals surface area contributed by atoms with Crippen molar-refractivity contribution < 1.29 is 9.90 Å². The predicted molar refractivity (Wildman–Crippen MR) is 74.4 cm³/mol. The summed E-state index contributed by atoms with van der Waals surface area (Å²) in [4.78, 5) is 14.6. The van der Waals surface area contributed by atoms with Crippen LogP contribution >= 0.6 is 0 Å². The number of fused-ring (bicyclic) bond motifs is 3. The highest BCUT2D eigenvalue weighted by molar-refractivity contribution is 5.87. The Morgan fingerprint density at radius 1 is 1.47 bits per heavy atom. The molecule has 0 amide bonds. The van der Waals surface area contributed by atoms with E-state index in [1.165, 1.54) is 10.9 Å². The van der Waals surface area contributed by atoms with Gasteiger partial charge in [0, 0.05) is 29.1 Å². The molecule has 2 atom stereocenters. The first-order valence-corrected chi connectivity index (χ1v) is 6.72. The Morgan fingerprint density at radius 2 is 2.26 bits per heavy atom. The fraction of sp³-hybridized carbons (Fsp3) is 0.400. The summed E-state index contributed by atoms with van der Waals surface area (Å²) >= 11 is 0. The van der Waals surface area contributed by atoms with Gasteiger partial charge in [0.2, 0.25) is 0 Å². The van der Waals surface area contributed by atoms with Crippen molar-refractivity contribution in [1.29, 1.82) is 0 Å². The van der Waals surface area contributed by atoms with E-state index < -0.39 is 12.0 Å². The van der Waals surface area contributed by atoms with E-state index in [1.807, 2.05) is 6.92 Å². The van der Waals surface area contributed by atoms with E-state index in [0.717, 1.165) is 23.2 Å². The van der Waals surface area contributed by atoms with Crippen molar-refractivity contribution in [1.82, 2.24) is 10.3 Å². The van der Waals surface area contributed by atoms with E-state index in [-0.39, 0.29) is 6.04 Å². The highest BCUT2D eigenvalue weighted by Gasteiger charge is 2.30. The minimum Gasteiger partial charge on any atom is -0.480 e. The van der Waals surface area contributed by atoms with Crippen LogP contribution in [-0.4, -0.2) is 22.1 Å². The molecule has 0 spiro atoms. The third-order valence-electron chi connectivity index (χ3n) is 4.00. The summed E-state index contributed by atoms with van der Waals surface area (Å²) in [6.07, 6.45) is 1.54. The highest BCUT2D eigenvalue weighted by atomic mass is 16.4. The van der Waals surface area contributed by atoms with Gasteiger partial charge in [-0.2, -0.15) is 0 Å². The number of hydrogen-bond donors (Lipinski definition) is 3. The maximum Gasteiger partial charge on any atom is 0.321 e. The largest absolute Gasteiger partial charge is 0.480 e. The molecule has 0 aliphatic carbocycles. The van der Waals surface area contributed by atoms with Crippen LogP contribution in [0.2, 0.25) is 0 Å². The number of aromatic amines is 1. The predicted octanol–water partition coefficient (Wildman–Crippen LogP) is 2.39. The summed E-state index contributed by atoms with van der Waals surface area (Å²) in [5.74, 6) is -0.779. The van der Waals surface area contributed by atoms with Gasteiger partial charge >= 0.3 is 5.97 Å². The summed E-state index contributed by atoms with van der Waals surface area (Å²) in [7, 11) is 0. The molecule has 4 nitrogen and oxygen atoms in total. The smallest absolute Gasteiger partial charge is 0.321 e. The lowest BCUT2D eigenvalue weighted by molar-refractivity contribution is -0.139. The number of hydrogen-bond acceptors (Lipinski definition) is 2. The molecule has 2 heterocycles. The zero-order valence-electron chi connectivity index (χ0n) is 11.2. The van der Waals surface area contributed by atoms with Gasteiger partial charge in [0.1, 0.15) is 6.04 Å². The van der Waals surface area contributed by atoms with E-state index in [4.69, 9.17) is 0 Å². The normalized spacial score (nSPS) is 22.4. The zero-order chi connectivity index (χ0) is 13.6. The van der Waals surface area contributed by atoms with Gasteiger partial charge in [-0.15, -0.1) is 0 Å². The van der Waals surface area contributed by atoms with Gasteiger partial charge in [-0.3, -0.25) is 10.1 Å². The van der Waals surface area contributed by atoms with Crippen LogP contribution in [0, 0.1) is 0 Å². The van der Waals surface area contributed by atoms with E-state index >= 15 is 0 Å². The number of carboxylic acids is 1. The van der Waals surface area contributed by atoms with E-state index in [1.54, 1.807) is 0 Å². The minimum absolute atomic E-state index is 0.0438. The summed E-state index contributed by atoms with van der Waals surface area (Å²) in [6.45, 7) is 4.13. The van der Waals surface area contributed by atoms with Gasteiger partial charge in [0.05, 0.1) is 0 Å². The van der Waals surface area contributed by atoms with Gasteiger partial charge < -0.3 is 10.1 Å². The second-order valence-corrected chi connectivity index (χ2v) is 5.23. The number of benzene rings is 1. The molecule has 3 N–H and O–H groups in total. The number of H-pyrrole nitrogens is 1. The molecule has 2 unspecified atom stereocenters. The van der Waals surface area contributed by atoms with Crippen molar-refractivity contribution in [3.63, 3.8) is 0 Å². The lowest BCUT2D eigenvalue weighted by atomic mass is 9.94. The van der Waals surface area contributed by atoms with Gasteiger partial charge in [-0.1, -0.05) is 13.0 Å². The number of rotatable bonds is 2. The lowest BCUT2D eigenvalue weighted by Crippen LogP contribution is -2.43. The quantitative estimate of drug-likeness (QED) is 0.775. The SMILES string of the molecule is CCc1ccc2[nH]c3c(c2c1)CC(C(=O)O)NC3C. The fourth-order valence-electron chi connectivity index (χ4n) is 2.93. The van der Waals surface area contributed by atoms with Crippen molar-refractivity contribution in [2.45, 2.75) is 38.8 Å². The summed E-state index contributed by atoms with van der Waals surface area (Å²) in [5.41, 5.74) is 4.67. The van der Waals surface area contributed by atoms with Crippen molar-refractivity contribution in [2.24, 2.45) is 0 Å². The van der Waals surface area contributed by atoms with Gasteiger partial charge in [0.15, 0.2) is 0 Å². The highest BCUT2D eigenvalue weighted by Crippen LogP contribution is 2.32. The molecular formula is C15H18N2O2. The molecule has 1 aliphatic rings. The molecule has 0 bridgehead atoms. The maximum absolute atomic E-state index is 11.2. The molecule has 0 fully saturated rings. The van der Waals surface area contributed by atoms with Crippen molar-refractivity contribution in [2.75, 3.05) is 0 Å². The standard InChI is InChI=1S/C15H18N2O2/c1-3-9-4-5-12-10(6-9)11-7-13(15(18)19)16-8(2)14(11)17-12/h4-6,8,13,16-17H,3,7H2,1-2H3,(H,18,19). The average Bonchev–Trinajstić information content (AvgIpc) is 2.77. The van der Waals surface area contributed by atoms with Crippen molar-refractivity contribution >= 4 is 16.9 Å². The van der Waals surface area contributed by atoms with Crippen LogP contribution in [-0.2, 0) is 17.6 Å². The topological polar surface area (TPSA) is 65.1 Å². The molecule has 4 heteroatoms. The number of aliphatic carboxylic acids is 1. The summed E-state index contributed by atoms with van der Waals surface area (Å²) in [6, 6.07) is 5.95. The monoisotopic (exact) mass is 258 g/mol. The Labute approximate surface area is 111 Å². The molecule has 1 aromatic heterocycles. The van der Waals surface area contributed by atoms with Crippen LogP contribution in [0.5, 0.6) is 0 Å². The second kappa shape index (κ2) is 4.38. The molecule has 3 rings (SSSR count). The Morgan fingerprint density at radius 3 is 2.95 bits per heavy atom. The zero-order valence-corrected chi connectivity index (χ0v) is 11.2. The summed E-state index contributed by atoms with van der Waals surface area (Å²) < 4.78 is 0. The molecule has 100 valence electrons. The number of carbonyl (C=O) groups is 1. The number of aromatic nitrogens is 1.